The van der Waals surface area contributed by atoms with Crippen LogP contribution in [0.2, 0.25) is 0 Å². The molecule has 7 heteroatoms. The molecule has 6 nitrogen and oxygen atoms in total. The molecular weight excluding hydrogens is 372 g/mol. The predicted octanol–water partition coefficient (Wildman–Crippen LogP) is 2.94. The number of rotatable bonds is 7. The molecule has 0 radical (unpaired) electrons. The Labute approximate surface area is 168 Å². The molecule has 3 heterocycles. The fraction of sp³-hybridized carbons (Fsp3) is 0.429. The van der Waals surface area contributed by atoms with Gasteiger partial charge in [-0.15, -0.1) is 11.3 Å². The van der Waals surface area contributed by atoms with Gasteiger partial charge in [-0.05, 0) is 42.8 Å². The first-order chi connectivity index (χ1) is 13.8. The van der Waals surface area contributed by atoms with Crippen LogP contribution in [0, 0.1) is 0 Å². The molecule has 3 N–H and O–H groups in total. The molecule has 0 saturated carbocycles. The number of benzene rings is 1. The summed E-state index contributed by atoms with van der Waals surface area (Å²) in [6.45, 7) is 2.09. The van der Waals surface area contributed by atoms with Gasteiger partial charge in [-0.2, -0.15) is 0 Å². The van der Waals surface area contributed by atoms with Gasteiger partial charge in [0, 0.05) is 29.7 Å². The Balaban J connectivity index is 1.62. The molecule has 2 aromatic heterocycles. The average molecular weight is 399 g/mol. The number of likely N-dealkylation sites (tertiary alicyclic amines) is 1. The van der Waals surface area contributed by atoms with Crippen LogP contribution >= 0.6 is 11.3 Å². The van der Waals surface area contributed by atoms with Gasteiger partial charge in [0.1, 0.15) is 5.82 Å². The van der Waals surface area contributed by atoms with Gasteiger partial charge in [0.05, 0.1) is 18.0 Å². The molecule has 0 bridgehead atoms. The van der Waals surface area contributed by atoms with Gasteiger partial charge in [0.15, 0.2) is 0 Å². The van der Waals surface area contributed by atoms with Crippen LogP contribution in [0.15, 0.2) is 36.7 Å². The number of thiophene rings is 1. The topological polar surface area (TPSA) is 81.2 Å². The molecule has 1 aliphatic rings. The van der Waals surface area contributed by atoms with Gasteiger partial charge >= 0.3 is 0 Å². The Bertz CT molecular complexity index is 922. The van der Waals surface area contributed by atoms with Crippen molar-refractivity contribution >= 4 is 27.3 Å². The summed E-state index contributed by atoms with van der Waals surface area (Å²) in [6.07, 6.45) is 8.06. The van der Waals surface area contributed by atoms with E-state index in [4.69, 9.17) is 5.11 Å². The van der Waals surface area contributed by atoms with Gasteiger partial charge in [-0.1, -0.05) is 24.6 Å². The summed E-state index contributed by atoms with van der Waals surface area (Å²) in [5, 5.41) is 13.1. The number of nitrogens with one attached hydrogen (secondary N) is 2. The molecule has 1 aromatic carbocycles. The summed E-state index contributed by atoms with van der Waals surface area (Å²) in [7, 11) is 0. The van der Waals surface area contributed by atoms with Gasteiger partial charge in [0.25, 0.3) is 5.91 Å². The third-order valence-corrected chi connectivity index (χ3v) is 6.61. The molecule has 1 fully saturated rings. The highest BCUT2D eigenvalue weighted by atomic mass is 32.1. The summed E-state index contributed by atoms with van der Waals surface area (Å²) in [4.78, 5) is 23.6. The van der Waals surface area contributed by atoms with Crippen LogP contribution in [0.5, 0.6) is 0 Å². The SMILES string of the molecule is O=C(NCCO)c1sc2ccccc2c1C[C@@H]1CCCCN1Cc1ncc[nH]1. The molecule has 3 aromatic rings. The molecule has 1 amide bonds. The Kier molecular flexibility index (Phi) is 6.04. The van der Waals surface area contributed by atoms with E-state index >= 15 is 0 Å². The van der Waals surface area contributed by atoms with Crippen LogP contribution < -0.4 is 5.32 Å². The van der Waals surface area contributed by atoms with E-state index in [0.29, 0.717) is 6.04 Å². The minimum atomic E-state index is -0.0846. The van der Waals surface area contributed by atoms with Crippen LogP contribution in [0.1, 0.15) is 40.3 Å². The number of hydrogen-bond donors (Lipinski definition) is 3. The number of H-pyrrole nitrogens is 1. The van der Waals surface area contributed by atoms with Crippen LogP contribution in [0.4, 0.5) is 0 Å². The molecule has 0 spiro atoms. The number of piperidine rings is 1. The second kappa shape index (κ2) is 8.86. The summed E-state index contributed by atoms with van der Waals surface area (Å²) in [5.41, 5.74) is 1.13. The van der Waals surface area contributed by atoms with Crippen LogP contribution in [-0.2, 0) is 13.0 Å². The van der Waals surface area contributed by atoms with E-state index in [0.717, 1.165) is 46.9 Å². The van der Waals surface area contributed by atoms with Crippen molar-refractivity contribution in [2.24, 2.45) is 0 Å². The number of hydrogen-bond acceptors (Lipinski definition) is 5. The van der Waals surface area contributed by atoms with Crippen molar-refractivity contribution in [2.45, 2.75) is 38.3 Å². The molecule has 0 aliphatic carbocycles. The van der Waals surface area contributed by atoms with Crippen molar-refractivity contribution in [2.75, 3.05) is 19.7 Å². The van der Waals surface area contributed by atoms with Gasteiger partial charge in [0.2, 0.25) is 0 Å². The van der Waals surface area contributed by atoms with E-state index in [-0.39, 0.29) is 19.1 Å². The number of carbonyl (C=O) groups is 1. The first-order valence-corrected chi connectivity index (χ1v) is 10.7. The molecule has 0 unspecified atom stereocenters. The van der Waals surface area contributed by atoms with Gasteiger partial charge < -0.3 is 15.4 Å². The largest absolute Gasteiger partial charge is 0.395 e. The fourth-order valence-electron chi connectivity index (χ4n) is 4.05. The monoisotopic (exact) mass is 398 g/mol. The summed E-state index contributed by atoms with van der Waals surface area (Å²) in [5.74, 6) is 0.904. The van der Waals surface area contributed by atoms with E-state index in [1.807, 2.05) is 18.3 Å². The number of nitrogens with zero attached hydrogens (tertiary/aromatic N) is 2. The normalized spacial score (nSPS) is 17.8. The minimum Gasteiger partial charge on any atom is -0.395 e. The lowest BCUT2D eigenvalue weighted by molar-refractivity contribution is 0.0946. The first kappa shape index (κ1) is 19.1. The number of fused-ring (bicyclic) bond motifs is 1. The third-order valence-electron chi connectivity index (χ3n) is 5.40. The van der Waals surface area contributed by atoms with E-state index in [1.54, 1.807) is 17.5 Å². The maximum atomic E-state index is 12.7. The molecular formula is C21H26N4O2S. The number of aliphatic hydroxyl groups excluding tert-OH is 1. The predicted molar refractivity (Wildman–Crippen MR) is 112 cm³/mol. The summed E-state index contributed by atoms with van der Waals surface area (Å²) >= 11 is 1.55. The number of aliphatic hydroxyl groups is 1. The number of aromatic amines is 1. The van der Waals surface area contributed by atoms with E-state index in [2.05, 4.69) is 32.3 Å². The van der Waals surface area contributed by atoms with Crippen molar-refractivity contribution in [3.05, 3.63) is 52.9 Å². The van der Waals surface area contributed by atoms with E-state index < -0.39 is 0 Å². The highest BCUT2D eigenvalue weighted by Crippen LogP contribution is 2.34. The maximum Gasteiger partial charge on any atom is 0.261 e. The zero-order chi connectivity index (χ0) is 19.3. The Morgan fingerprint density at radius 2 is 2.25 bits per heavy atom. The molecule has 28 heavy (non-hydrogen) atoms. The Morgan fingerprint density at radius 3 is 3.07 bits per heavy atom. The smallest absolute Gasteiger partial charge is 0.261 e. The highest BCUT2D eigenvalue weighted by molar-refractivity contribution is 7.21. The third kappa shape index (κ3) is 4.11. The second-order valence-electron chi connectivity index (χ2n) is 7.25. The first-order valence-electron chi connectivity index (χ1n) is 9.88. The van der Waals surface area contributed by atoms with Crippen molar-refractivity contribution in [3.63, 3.8) is 0 Å². The standard InChI is InChI=1S/C21H26N4O2S/c26-12-10-24-21(27)20-17(16-6-1-2-7-18(16)28-20)13-15-5-3-4-11-25(15)14-19-22-8-9-23-19/h1-2,6-9,15,26H,3-5,10-14H2,(H,22,23)(H,24,27)/t15-/m0/s1. The van der Waals surface area contributed by atoms with Crippen molar-refractivity contribution in [3.8, 4) is 0 Å². The maximum absolute atomic E-state index is 12.7. The number of carbonyl (C=O) groups excluding carboxylic acids is 1. The summed E-state index contributed by atoms with van der Waals surface area (Å²) in [6, 6.07) is 8.63. The van der Waals surface area contributed by atoms with Gasteiger partial charge in [-0.3, -0.25) is 9.69 Å². The van der Waals surface area contributed by atoms with Crippen molar-refractivity contribution in [1.82, 2.24) is 20.2 Å². The number of imidazole rings is 1. The average Bonchev–Trinajstić information content (AvgIpc) is 3.36. The minimum absolute atomic E-state index is 0.0501. The fourth-order valence-corrected chi connectivity index (χ4v) is 5.20. The highest BCUT2D eigenvalue weighted by Gasteiger charge is 2.27. The second-order valence-corrected chi connectivity index (χ2v) is 8.30. The van der Waals surface area contributed by atoms with Crippen LogP contribution in [0.3, 0.4) is 0 Å². The molecule has 148 valence electrons. The van der Waals surface area contributed by atoms with E-state index in [1.165, 1.54) is 18.2 Å². The number of aromatic nitrogens is 2. The van der Waals surface area contributed by atoms with E-state index in [9.17, 15) is 4.79 Å². The lowest BCUT2D eigenvalue weighted by Crippen LogP contribution is -2.40. The number of amides is 1. The quantitative estimate of drug-likeness (QED) is 0.572. The molecule has 1 atom stereocenters. The van der Waals surface area contributed by atoms with Crippen LogP contribution in [-0.4, -0.2) is 51.6 Å². The Morgan fingerprint density at radius 1 is 1.36 bits per heavy atom. The van der Waals surface area contributed by atoms with Crippen molar-refractivity contribution in [1.29, 1.82) is 0 Å². The molecule has 1 saturated heterocycles. The van der Waals surface area contributed by atoms with Crippen LogP contribution in [0.25, 0.3) is 10.1 Å². The van der Waals surface area contributed by atoms with Crippen molar-refractivity contribution < 1.29 is 9.90 Å². The lowest BCUT2D eigenvalue weighted by Gasteiger charge is -2.35. The van der Waals surface area contributed by atoms with Gasteiger partial charge in [-0.25, -0.2) is 4.98 Å². The zero-order valence-corrected chi connectivity index (χ0v) is 16.7. The summed E-state index contributed by atoms with van der Waals surface area (Å²) < 4.78 is 1.14. The molecule has 4 rings (SSSR count). The lowest BCUT2D eigenvalue weighted by atomic mass is 9.94. The Hall–Kier alpha value is -2.22. The molecule has 1 aliphatic heterocycles. The zero-order valence-electron chi connectivity index (χ0n) is 15.9.